The van der Waals surface area contributed by atoms with E-state index in [1.54, 1.807) is 0 Å². The third-order valence-electron chi connectivity index (χ3n) is 3.71. The lowest BCUT2D eigenvalue weighted by Gasteiger charge is -2.12. The highest BCUT2D eigenvalue weighted by atomic mass is 16.5. The van der Waals surface area contributed by atoms with E-state index in [0.717, 1.165) is 36.6 Å². The van der Waals surface area contributed by atoms with Crippen molar-refractivity contribution in [2.24, 2.45) is 0 Å². The molecule has 0 bridgehead atoms. The third-order valence-corrected chi connectivity index (χ3v) is 3.71. The van der Waals surface area contributed by atoms with E-state index in [4.69, 9.17) is 4.74 Å². The summed E-state index contributed by atoms with van der Waals surface area (Å²) in [6.45, 7) is 10.4. The highest BCUT2D eigenvalue weighted by molar-refractivity contribution is 5.42. The topological polar surface area (TPSA) is 21.3 Å². The van der Waals surface area contributed by atoms with Crippen molar-refractivity contribution < 1.29 is 4.74 Å². The Morgan fingerprint density at radius 2 is 1.67 bits per heavy atom. The van der Waals surface area contributed by atoms with E-state index in [1.807, 2.05) is 6.07 Å². The van der Waals surface area contributed by atoms with Gasteiger partial charge in [-0.1, -0.05) is 25.1 Å². The molecule has 0 unspecified atom stereocenters. The molecule has 1 N–H and O–H groups in total. The van der Waals surface area contributed by atoms with Crippen LogP contribution in [0.3, 0.4) is 0 Å². The molecular formula is C19H25NO. The second kappa shape index (κ2) is 7.28. The molecule has 0 spiro atoms. The first-order valence-corrected chi connectivity index (χ1v) is 7.65. The summed E-state index contributed by atoms with van der Waals surface area (Å²) in [5.41, 5.74) is 4.96. The summed E-state index contributed by atoms with van der Waals surface area (Å²) in [5.74, 6) is 1.84. The predicted octanol–water partition coefficient (Wildman–Crippen LogP) is 4.90. The van der Waals surface area contributed by atoms with Crippen molar-refractivity contribution in [3.05, 3.63) is 58.7 Å². The van der Waals surface area contributed by atoms with Crippen molar-refractivity contribution in [2.45, 2.75) is 40.7 Å². The highest BCUT2D eigenvalue weighted by Gasteiger charge is 2.04. The molecule has 0 aliphatic heterocycles. The van der Waals surface area contributed by atoms with Gasteiger partial charge < -0.3 is 10.1 Å². The SMILES string of the molecule is CCCNCc1ccc(C)c(Oc2ccc(C)c(C)c2)c1. The lowest BCUT2D eigenvalue weighted by atomic mass is 10.1. The number of nitrogens with one attached hydrogen (secondary N) is 1. The van der Waals surface area contributed by atoms with Crippen molar-refractivity contribution in [2.75, 3.05) is 6.54 Å². The summed E-state index contributed by atoms with van der Waals surface area (Å²) in [6, 6.07) is 12.6. The van der Waals surface area contributed by atoms with E-state index < -0.39 is 0 Å². The number of rotatable bonds is 6. The fraction of sp³-hybridized carbons (Fsp3) is 0.368. The molecule has 2 rings (SSSR count). The Bertz CT molecular complexity index is 605. The van der Waals surface area contributed by atoms with E-state index in [1.165, 1.54) is 16.7 Å². The maximum absolute atomic E-state index is 6.06. The molecule has 0 fully saturated rings. The molecule has 0 aromatic heterocycles. The lowest BCUT2D eigenvalue weighted by molar-refractivity contribution is 0.477. The molecule has 0 saturated carbocycles. The number of hydrogen-bond donors (Lipinski definition) is 1. The van der Waals surface area contributed by atoms with Crippen LogP contribution >= 0.6 is 0 Å². The highest BCUT2D eigenvalue weighted by Crippen LogP contribution is 2.27. The van der Waals surface area contributed by atoms with Crippen molar-refractivity contribution in [3.63, 3.8) is 0 Å². The fourth-order valence-corrected chi connectivity index (χ4v) is 2.18. The maximum atomic E-state index is 6.06. The summed E-state index contributed by atoms with van der Waals surface area (Å²) in [4.78, 5) is 0. The molecule has 2 aromatic carbocycles. The summed E-state index contributed by atoms with van der Waals surface area (Å²) >= 11 is 0. The smallest absolute Gasteiger partial charge is 0.130 e. The third kappa shape index (κ3) is 4.33. The van der Waals surface area contributed by atoms with Crippen LogP contribution in [-0.2, 0) is 6.54 Å². The molecule has 2 nitrogen and oxygen atoms in total. The van der Waals surface area contributed by atoms with E-state index in [9.17, 15) is 0 Å². The lowest BCUT2D eigenvalue weighted by Crippen LogP contribution is -2.13. The van der Waals surface area contributed by atoms with Crippen LogP contribution in [0.15, 0.2) is 36.4 Å². The van der Waals surface area contributed by atoms with Crippen LogP contribution < -0.4 is 10.1 Å². The zero-order chi connectivity index (χ0) is 15.2. The Kier molecular flexibility index (Phi) is 5.40. The van der Waals surface area contributed by atoms with Crippen molar-refractivity contribution >= 4 is 0 Å². The summed E-state index contributed by atoms with van der Waals surface area (Å²) in [6.07, 6.45) is 1.15. The van der Waals surface area contributed by atoms with Gasteiger partial charge in [-0.25, -0.2) is 0 Å². The molecule has 21 heavy (non-hydrogen) atoms. The van der Waals surface area contributed by atoms with Gasteiger partial charge in [0, 0.05) is 6.54 Å². The summed E-state index contributed by atoms with van der Waals surface area (Å²) < 4.78 is 6.06. The van der Waals surface area contributed by atoms with Crippen LogP contribution in [0.5, 0.6) is 11.5 Å². The molecular weight excluding hydrogens is 258 g/mol. The maximum Gasteiger partial charge on any atom is 0.130 e. The minimum Gasteiger partial charge on any atom is -0.457 e. The Morgan fingerprint density at radius 1 is 0.905 bits per heavy atom. The van der Waals surface area contributed by atoms with E-state index in [0.29, 0.717) is 0 Å². The standard InChI is InChI=1S/C19H25NO/c1-5-10-20-13-17-8-6-15(3)19(12-17)21-18-9-7-14(2)16(4)11-18/h6-9,11-12,20H,5,10,13H2,1-4H3. The van der Waals surface area contributed by atoms with Gasteiger partial charge in [-0.3, -0.25) is 0 Å². The molecule has 0 saturated heterocycles. The van der Waals surface area contributed by atoms with Gasteiger partial charge in [0.1, 0.15) is 11.5 Å². The summed E-state index contributed by atoms with van der Waals surface area (Å²) in [7, 11) is 0. The molecule has 0 aliphatic carbocycles. The van der Waals surface area contributed by atoms with Crippen LogP contribution in [-0.4, -0.2) is 6.54 Å². The first-order valence-electron chi connectivity index (χ1n) is 7.65. The molecule has 0 radical (unpaired) electrons. The van der Waals surface area contributed by atoms with Gasteiger partial charge in [0.15, 0.2) is 0 Å². The molecule has 0 amide bonds. The average Bonchev–Trinajstić information content (AvgIpc) is 2.46. The molecule has 0 aliphatic rings. The normalized spacial score (nSPS) is 10.7. The largest absolute Gasteiger partial charge is 0.457 e. The van der Waals surface area contributed by atoms with Gasteiger partial charge in [-0.2, -0.15) is 0 Å². The second-order valence-electron chi connectivity index (χ2n) is 5.62. The van der Waals surface area contributed by atoms with Gasteiger partial charge >= 0.3 is 0 Å². The molecule has 112 valence electrons. The Balaban J connectivity index is 2.14. The van der Waals surface area contributed by atoms with Crippen LogP contribution in [0.2, 0.25) is 0 Å². The monoisotopic (exact) mass is 283 g/mol. The predicted molar refractivity (Wildman–Crippen MR) is 89.2 cm³/mol. The number of hydrogen-bond acceptors (Lipinski definition) is 2. The molecule has 2 heteroatoms. The Morgan fingerprint density at radius 3 is 2.38 bits per heavy atom. The number of aryl methyl sites for hydroxylation is 3. The van der Waals surface area contributed by atoms with Crippen molar-refractivity contribution in [1.29, 1.82) is 0 Å². The minimum atomic E-state index is 0.886. The fourth-order valence-electron chi connectivity index (χ4n) is 2.18. The van der Waals surface area contributed by atoms with E-state index >= 15 is 0 Å². The van der Waals surface area contributed by atoms with Gasteiger partial charge in [-0.05, 0) is 74.2 Å². The van der Waals surface area contributed by atoms with Gasteiger partial charge in [0.2, 0.25) is 0 Å². The second-order valence-corrected chi connectivity index (χ2v) is 5.62. The van der Waals surface area contributed by atoms with Gasteiger partial charge in [-0.15, -0.1) is 0 Å². The first kappa shape index (κ1) is 15.6. The quantitative estimate of drug-likeness (QED) is 0.761. The Labute approximate surface area is 128 Å². The van der Waals surface area contributed by atoms with Crippen LogP contribution in [0.4, 0.5) is 0 Å². The van der Waals surface area contributed by atoms with Crippen LogP contribution in [0.25, 0.3) is 0 Å². The van der Waals surface area contributed by atoms with Crippen LogP contribution in [0, 0.1) is 20.8 Å². The van der Waals surface area contributed by atoms with E-state index in [-0.39, 0.29) is 0 Å². The van der Waals surface area contributed by atoms with Crippen molar-refractivity contribution in [1.82, 2.24) is 5.32 Å². The summed E-state index contributed by atoms with van der Waals surface area (Å²) in [5, 5.41) is 3.42. The van der Waals surface area contributed by atoms with E-state index in [2.05, 4.69) is 63.3 Å². The van der Waals surface area contributed by atoms with Crippen LogP contribution in [0.1, 0.15) is 35.6 Å². The number of ether oxygens (including phenoxy) is 1. The zero-order valence-corrected chi connectivity index (χ0v) is 13.5. The molecule has 0 heterocycles. The number of benzene rings is 2. The van der Waals surface area contributed by atoms with Gasteiger partial charge in [0.25, 0.3) is 0 Å². The molecule has 2 aromatic rings. The van der Waals surface area contributed by atoms with Crippen molar-refractivity contribution in [3.8, 4) is 11.5 Å². The average molecular weight is 283 g/mol. The Hall–Kier alpha value is -1.80. The van der Waals surface area contributed by atoms with Gasteiger partial charge in [0.05, 0.1) is 0 Å². The minimum absolute atomic E-state index is 0.886. The molecule has 0 atom stereocenters. The first-order chi connectivity index (χ1) is 10.1. The zero-order valence-electron chi connectivity index (χ0n) is 13.5.